The Labute approximate surface area is 160 Å². The first kappa shape index (κ1) is 21.0. The fourth-order valence-corrected chi connectivity index (χ4v) is 4.00. The number of nitrogens with one attached hydrogen (secondary N) is 2. The van der Waals surface area contributed by atoms with E-state index in [4.69, 9.17) is 16.3 Å². The van der Waals surface area contributed by atoms with Crippen molar-refractivity contribution in [3.05, 3.63) is 28.8 Å². The number of carbonyl (C=O) groups excluding carboxylic acids is 1. The van der Waals surface area contributed by atoms with Gasteiger partial charge >= 0.3 is 0 Å². The van der Waals surface area contributed by atoms with Crippen molar-refractivity contribution in [2.75, 3.05) is 20.7 Å². The summed E-state index contributed by atoms with van der Waals surface area (Å²) in [5.41, 5.74) is 0.862. The van der Waals surface area contributed by atoms with Crippen molar-refractivity contribution in [3.8, 4) is 5.75 Å². The van der Waals surface area contributed by atoms with E-state index in [1.165, 1.54) is 14.1 Å². The Bertz CT molecular complexity index is 740. The third kappa shape index (κ3) is 6.12. The molecule has 0 radical (unpaired) electrons. The van der Waals surface area contributed by atoms with Crippen LogP contribution in [0.4, 0.5) is 0 Å². The van der Waals surface area contributed by atoms with E-state index in [0.717, 1.165) is 29.1 Å². The van der Waals surface area contributed by atoms with Gasteiger partial charge in [0.2, 0.25) is 0 Å². The molecule has 1 amide bonds. The van der Waals surface area contributed by atoms with Crippen molar-refractivity contribution in [3.63, 3.8) is 0 Å². The van der Waals surface area contributed by atoms with Crippen LogP contribution in [0.2, 0.25) is 5.02 Å². The number of aryl methyl sites for hydroxylation is 1. The molecule has 0 aliphatic heterocycles. The van der Waals surface area contributed by atoms with Gasteiger partial charge in [0, 0.05) is 31.2 Å². The minimum atomic E-state index is -3.47. The minimum absolute atomic E-state index is 0.0685. The van der Waals surface area contributed by atoms with E-state index in [9.17, 15) is 13.2 Å². The Morgan fingerprint density at radius 3 is 2.65 bits per heavy atom. The predicted octanol–water partition coefficient (Wildman–Crippen LogP) is 1.85. The number of rotatable bonds is 7. The number of benzene rings is 1. The third-order valence-electron chi connectivity index (χ3n) is 4.33. The molecular formula is C17H26ClN3O4S. The summed E-state index contributed by atoms with van der Waals surface area (Å²) in [6, 6.07) is 4.97. The lowest BCUT2D eigenvalue weighted by molar-refractivity contribution is -0.124. The molecule has 146 valence electrons. The molecule has 7 nitrogen and oxygen atoms in total. The van der Waals surface area contributed by atoms with E-state index >= 15 is 0 Å². The van der Waals surface area contributed by atoms with Crippen molar-refractivity contribution in [2.24, 2.45) is 0 Å². The van der Waals surface area contributed by atoms with Gasteiger partial charge < -0.3 is 10.1 Å². The second-order valence-electron chi connectivity index (χ2n) is 6.73. The zero-order chi connectivity index (χ0) is 19.3. The van der Waals surface area contributed by atoms with Gasteiger partial charge in [0.25, 0.3) is 16.1 Å². The first-order valence-electron chi connectivity index (χ1n) is 8.55. The fraction of sp³-hybridized carbons (Fsp3) is 0.588. The van der Waals surface area contributed by atoms with Crippen LogP contribution in [0.1, 0.15) is 31.2 Å². The van der Waals surface area contributed by atoms with E-state index < -0.39 is 10.2 Å². The van der Waals surface area contributed by atoms with E-state index in [1.54, 1.807) is 18.2 Å². The topological polar surface area (TPSA) is 87.7 Å². The zero-order valence-corrected chi connectivity index (χ0v) is 16.9. The quantitative estimate of drug-likeness (QED) is 0.727. The molecule has 0 unspecified atom stereocenters. The Balaban J connectivity index is 1.83. The molecule has 0 saturated heterocycles. The van der Waals surface area contributed by atoms with Gasteiger partial charge in [-0.25, -0.2) is 0 Å². The highest BCUT2D eigenvalue weighted by Gasteiger charge is 2.27. The van der Waals surface area contributed by atoms with Crippen molar-refractivity contribution >= 4 is 27.7 Å². The number of hydrogen-bond donors (Lipinski definition) is 2. The third-order valence-corrected chi connectivity index (χ3v) is 6.16. The Hall–Kier alpha value is -1.35. The number of ether oxygens (including phenoxy) is 1. The average molecular weight is 404 g/mol. The summed E-state index contributed by atoms with van der Waals surface area (Å²) >= 11 is 5.90. The minimum Gasteiger partial charge on any atom is -0.484 e. The van der Waals surface area contributed by atoms with Gasteiger partial charge in [-0.1, -0.05) is 11.6 Å². The molecule has 2 rings (SSSR count). The van der Waals surface area contributed by atoms with Gasteiger partial charge in [0.05, 0.1) is 0 Å². The van der Waals surface area contributed by atoms with E-state index in [2.05, 4.69) is 10.0 Å². The number of nitrogens with zero attached hydrogens (tertiary/aromatic N) is 1. The maximum atomic E-state index is 12.2. The highest BCUT2D eigenvalue weighted by atomic mass is 35.5. The highest BCUT2D eigenvalue weighted by Crippen LogP contribution is 2.22. The van der Waals surface area contributed by atoms with Crippen molar-refractivity contribution in [2.45, 2.75) is 44.7 Å². The Morgan fingerprint density at radius 2 is 2.00 bits per heavy atom. The van der Waals surface area contributed by atoms with Gasteiger partial charge in [-0.3, -0.25) is 4.79 Å². The largest absolute Gasteiger partial charge is 0.484 e. The number of hydrogen-bond acceptors (Lipinski definition) is 4. The van der Waals surface area contributed by atoms with Gasteiger partial charge in [-0.05, 0) is 56.4 Å². The summed E-state index contributed by atoms with van der Waals surface area (Å²) in [5.74, 6) is 0.394. The Kier molecular flexibility index (Phi) is 7.28. The predicted molar refractivity (Wildman–Crippen MR) is 102 cm³/mol. The lowest BCUT2D eigenvalue weighted by atomic mass is 9.91. The van der Waals surface area contributed by atoms with Crippen LogP contribution in [0, 0.1) is 6.92 Å². The molecule has 1 aliphatic rings. The van der Waals surface area contributed by atoms with Gasteiger partial charge in [0.15, 0.2) is 6.61 Å². The molecule has 1 aromatic carbocycles. The first-order valence-corrected chi connectivity index (χ1v) is 10.4. The zero-order valence-electron chi connectivity index (χ0n) is 15.3. The van der Waals surface area contributed by atoms with Crippen LogP contribution in [0.15, 0.2) is 18.2 Å². The molecule has 1 aliphatic carbocycles. The Morgan fingerprint density at radius 1 is 1.31 bits per heavy atom. The molecule has 1 fully saturated rings. The fourth-order valence-electron chi connectivity index (χ4n) is 2.93. The SMILES string of the molecule is Cc1cc(Cl)ccc1OCC(=O)N[C@@H]1CCC[C@@H](NS(=O)(=O)N(C)C)C1. The molecule has 0 spiro atoms. The highest BCUT2D eigenvalue weighted by molar-refractivity contribution is 7.87. The van der Waals surface area contributed by atoms with Crippen LogP contribution in [-0.2, 0) is 15.0 Å². The summed E-state index contributed by atoms with van der Waals surface area (Å²) < 4.78 is 33.2. The van der Waals surface area contributed by atoms with Crippen LogP contribution in [0.5, 0.6) is 5.75 Å². The van der Waals surface area contributed by atoms with Gasteiger partial charge in [0.1, 0.15) is 5.75 Å². The first-order chi connectivity index (χ1) is 12.2. The van der Waals surface area contributed by atoms with E-state index in [1.807, 2.05) is 6.92 Å². The number of halogens is 1. The average Bonchev–Trinajstić information content (AvgIpc) is 2.53. The monoisotopic (exact) mass is 403 g/mol. The van der Waals surface area contributed by atoms with Gasteiger partial charge in [-0.2, -0.15) is 17.4 Å². The standard InChI is InChI=1S/C17H26ClN3O4S/c1-12-9-13(18)7-8-16(12)25-11-17(22)19-14-5-4-6-15(10-14)20-26(23,24)21(2)3/h7-9,14-15,20H,4-6,10-11H2,1-3H3,(H,19,22)/t14-,15-/m1/s1. The summed E-state index contributed by atoms with van der Waals surface area (Å²) in [6.07, 6.45) is 3.01. The smallest absolute Gasteiger partial charge is 0.279 e. The van der Waals surface area contributed by atoms with E-state index in [-0.39, 0.29) is 24.6 Å². The number of carbonyl (C=O) groups is 1. The maximum absolute atomic E-state index is 12.2. The second-order valence-corrected chi connectivity index (χ2v) is 9.08. The molecule has 1 saturated carbocycles. The van der Waals surface area contributed by atoms with Crippen LogP contribution >= 0.6 is 11.6 Å². The molecule has 0 aromatic heterocycles. The van der Waals surface area contributed by atoms with Crippen LogP contribution < -0.4 is 14.8 Å². The van der Waals surface area contributed by atoms with Crippen LogP contribution in [0.25, 0.3) is 0 Å². The number of amides is 1. The molecule has 2 N–H and O–H groups in total. The molecular weight excluding hydrogens is 378 g/mol. The lowest BCUT2D eigenvalue weighted by Crippen LogP contribution is -2.49. The summed E-state index contributed by atoms with van der Waals surface area (Å²) in [7, 11) is -0.496. The molecule has 1 aromatic rings. The van der Waals surface area contributed by atoms with Crippen LogP contribution in [0.3, 0.4) is 0 Å². The van der Waals surface area contributed by atoms with Gasteiger partial charge in [-0.15, -0.1) is 0 Å². The summed E-state index contributed by atoms with van der Waals surface area (Å²) in [5, 5.41) is 3.54. The molecule has 2 atom stereocenters. The normalized spacial score (nSPS) is 20.8. The molecule has 26 heavy (non-hydrogen) atoms. The molecule has 0 heterocycles. The van der Waals surface area contributed by atoms with Crippen molar-refractivity contribution in [1.29, 1.82) is 0 Å². The van der Waals surface area contributed by atoms with Crippen LogP contribution in [-0.4, -0.2) is 51.4 Å². The van der Waals surface area contributed by atoms with Crippen molar-refractivity contribution in [1.82, 2.24) is 14.3 Å². The molecule has 0 bridgehead atoms. The van der Waals surface area contributed by atoms with Crippen molar-refractivity contribution < 1.29 is 17.9 Å². The lowest BCUT2D eigenvalue weighted by Gasteiger charge is -2.30. The second kappa shape index (κ2) is 9.03. The molecule has 9 heteroatoms. The summed E-state index contributed by atoms with van der Waals surface area (Å²) in [6.45, 7) is 1.77. The maximum Gasteiger partial charge on any atom is 0.279 e. The van der Waals surface area contributed by atoms with E-state index in [0.29, 0.717) is 17.2 Å². The summed E-state index contributed by atoms with van der Waals surface area (Å²) in [4.78, 5) is 12.2.